The Labute approximate surface area is 353 Å². The molecule has 0 aromatic rings. The minimum absolute atomic E-state index is 0.162. The van der Waals surface area contributed by atoms with Crippen molar-refractivity contribution in [1.82, 2.24) is 0 Å². The van der Waals surface area contributed by atoms with Gasteiger partial charge in [0, 0.05) is 12.8 Å². The van der Waals surface area contributed by atoms with Gasteiger partial charge in [-0.2, -0.15) is 0 Å². The van der Waals surface area contributed by atoms with Crippen LogP contribution in [0.1, 0.15) is 187 Å². The van der Waals surface area contributed by atoms with Crippen molar-refractivity contribution in [2.75, 3.05) is 26.4 Å². The molecule has 0 spiro atoms. The molecule has 0 rings (SSSR count). The van der Waals surface area contributed by atoms with Gasteiger partial charge in [-0.25, -0.2) is 4.57 Å². The van der Waals surface area contributed by atoms with E-state index in [4.69, 9.17) is 19.1 Å². The molecule has 0 saturated heterocycles. The monoisotopic (exact) mass is 839 g/mol. The zero-order valence-electron chi connectivity index (χ0n) is 36.5. The largest absolute Gasteiger partial charge is 0.472 e. The molecule has 3 N–H and O–H groups in total. The first-order valence-electron chi connectivity index (χ1n) is 22.7. The highest BCUT2D eigenvalue weighted by atomic mass is 31.2. The highest BCUT2D eigenvalue weighted by Crippen LogP contribution is 2.43. The summed E-state index contributed by atoms with van der Waals surface area (Å²) in [6.07, 6.45) is 47.6. The van der Waals surface area contributed by atoms with Crippen molar-refractivity contribution < 1.29 is 47.8 Å². The van der Waals surface area contributed by atoms with Gasteiger partial charge in [0.15, 0.2) is 6.10 Å². The standard InChI is InChI=1S/C47H83O10P/c1-3-5-7-9-11-13-15-17-19-21-23-25-27-29-31-33-35-37-39-47(51)57-45(43-56-58(52,53)55-41-44(49)40-48)42-54-46(50)38-36-34-32-30-28-26-24-22-20-18-16-14-12-10-8-6-4-2/h6,8,12,14,18,20,24,26,30,32,44-45,48-49H,3-5,7,9-11,13,15-17,19,21-23,25,27-29,31,33-43H2,1-2H3,(H,52,53)/b8-6-,14-12-,20-18-,26-24-,32-30-/t44-,45+/m0/s1. The van der Waals surface area contributed by atoms with Crippen molar-refractivity contribution >= 4 is 19.8 Å². The van der Waals surface area contributed by atoms with Crippen molar-refractivity contribution in [3.8, 4) is 0 Å². The summed E-state index contributed by atoms with van der Waals surface area (Å²) in [7, 11) is -4.63. The second-order valence-corrected chi connectivity index (χ2v) is 16.5. The van der Waals surface area contributed by atoms with Gasteiger partial charge in [0.1, 0.15) is 12.7 Å². The lowest BCUT2D eigenvalue weighted by Gasteiger charge is -2.20. The molecular formula is C47H83O10P. The van der Waals surface area contributed by atoms with Crippen LogP contribution in [-0.4, -0.2) is 65.7 Å². The first-order chi connectivity index (χ1) is 28.2. The minimum Gasteiger partial charge on any atom is -0.462 e. The average Bonchev–Trinajstić information content (AvgIpc) is 3.21. The van der Waals surface area contributed by atoms with Crippen LogP contribution in [0.25, 0.3) is 0 Å². The molecule has 0 aromatic heterocycles. The Hall–Kier alpha value is -2.33. The maximum atomic E-state index is 12.6. The summed E-state index contributed by atoms with van der Waals surface area (Å²) in [4.78, 5) is 35.0. The Kier molecular flexibility index (Phi) is 41.1. The number of unbranched alkanes of at least 4 members (excludes halogenated alkanes) is 18. The van der Waals surface area contributed by atoms with Crippen LogP contribution in [0.3, 0.4) is 0 Å². The molecule has 0 bridgehead atoms. The van der Waals surface area contributed by atoms with Crippen LogP contribution in [0.2, 0.25) is 0 Å². The number of carbonyl (C=O) groups is 2. The quantitative estimate of drug-likeness (QED) is 0.0235. The van der Waals surface area contributed by atoms with E-state index >= 15 is 0 Å². The predicted octanol–water partition coefficient (Wildman–Crippen LogP) is 12.3. The zero-order valence-corrected chi connectivity index (χ0v) is 37.4. The van der Waals surface area contributed by atoms with Gasteiger partial charge in [-0.15, -0.1) is 0 Å². The third-order valence-corrected chi connectivity index (χ3v) is 10.4. The van der Waals surface area contributed by atoms with Gasteiger partial charge < -0.3 is 24.6 Å². The lowest BCUT2D eigenvalue weighted by atomic mass is 10.0. The van der Waals surface area contributed by atoms with Crippen LogP contribution in [0.5, 0.6) is 0 Å². The maximum Gasteiger partial charge on any atom is 0.472 e. The smallest absolute Gasteiger partial charge is 0.462 e. The van der Waals surface area contributed by atoms with Crippen LogP contribution >= 0.6 is 7.82 Å². The van der Waals surface area contributed by atoms with Crippen molar-refractivity contribution in [1.29, 1.82) is 0 Å². The molecule has 11 heteroatoms. The van der Waals surface area contributed by atoms with Gasteiger partial charge in [-0.05, 0) is 51.4 Å². The van der Waals surface area contributed by atoms with Crippen molar-refractivity contribution in [2.24, 2.45) is 0 Å². The van der Waals surface area contributed by atoms with Gasteiger partial charge in [0.05, 0.1) is 19.8 Å². The fourth-order valence-corrected chi connectivity index (χ4v) is 6.76. The number of esters is 2. The van der Waals surface area contributed by atoms with Crippen LogP contribution < -0.4 is 0 Å². The van der Waals surface area contributed by atoms with Crippen LogP contribution in [0.4, 0.5) is 0 Å². The summed E-state index contributed by atoms with van der Waals surface area (Å²) in [5.41, 5.74) is 0. The van der Waals surface area contributed by atoms with Crippen molar-refractivity contribution in [2.45, 2.75) is 199 Å². The summed E-state index contributed by atoms with van der Waals surface area (Å²) < 4.78 is 32.7. The van der Waals surface area contributed by atoms with E-state index in [1.165, 1.54) is 89.9 Å². The fourth-order valence-electron chi connectivity index (χ4n) is 5.97. The van der Waals surface area contributed by atoms with E-state index < -0.39 is 51.8 Å². The molecule has 0 fully saturated rings. The minimum atomic E-state index is -4.63. The van der Waals surface area contributed by atoms with Gasteiger partial charge in [-0.1, -0.05) is 184 Å². The molecule has 0 radical (unpaired) electrons. The van der Waals surface area contributed by atoms with E-state index in [0.717, 1.165) is 51.4 Å². The summed E-state index contributed by atoms with van der Waals surface area (Å²) in [5.74, 6) is -0.990. The molecule has 336 valence electrons. The molecule has 0 aliphatic heterocycles. The first-order valence-corrected chi connectivity index (χ1v) is 24.2. The number of rotatable bonds is 42. The average molecular weight is 839 g/mol. The van der Waals surface area contributed by atoms with Crippen LogP contribution in [0, 0.1) is 0 Å². The third-order valence-electron chi connectivity index (χ3n) is 9.44. The molecule has 1 unspecified atom stereocenters. The van der Waals surface area contributed by atoms with Gasteiger partial charge in [0.25, 0.3) is 0 Å². The van der Waals surface area contributed by atoms with Gasteiger partial charge in [-0.3, -0.25) is 18.6 Å². The number of hydrogen-bond donors (Lipinski definition) is 3. The summed E-state index contributed by atoms with van der Waals surface area (Å²) in [6.45, 7) is 2.22. The predicted molar refractivity (Wildman–Crippen MR) is 237 cm³/mol. The molecular weight excluding hydrogens is 755 g/mol. The second kappa shape index (κ2) is 42.8. The van der Waals surface area contributed by atoms with E-state index in [0.29, 0.717) is 19.3 Å². The Morgan fingerprint density at radius 3 is 1.41 bits per heavy atom. The van der Waals surface area contributed by atoms with Gasteiger partial charge >= 0.3 is 19.8 Å². The number of allylic oxidation sites excluding steroid dienone is 10. The molecule has 0 aromatic carbocycles. The lowest BCUT2D eigenvalue weighted by Crippen LogP contribution is -2.29. The number of hydrogen-bond acceptors (Lipinski definition) is 9. The highest BCUT2D eigenvalue weighted by molar-refractivity contribution is 7.47. The number of phosphoric ester groups is 1. The molecule has 0 aliphatic rings. The van der Waals surface area contributed by atoms with Crippen LogP contribution in [0.15, 0.2) is 60.8 Å². The number of aliphatic hydroxyl groups is 2. The summed E-state index contributed by atoms with van der Waals surface area (Å²) in [6, 6.07) is 0. The fraction of sp³-hybridized carbons (Fsp3) is 0.745. The van der Waals surface area contributed by atoms with E-state index in [1.54, 1.807) is 0 Å². The van der Waals surface area contributed by atoms with E-state index in [-0.39, 0.29) is 19.4 Å². The third kappa shape index (κ3) is 41.8. The number of ether oxygens (including phenoxy) is 2. The SMILES string of the molecule is CC/C=C\C/C=C\C/C=C\C/C=C\C/C=C\CCCC(=O)OC[C@H](COP(=O)(O)OC[C@@H](O)CO)OC(=O)CCCCCCCCCCCCCCCCCCCC. The number of phosphoric acid groups is 1. The van der Waals surface area contributed by atoms with E-state index in [2.05, 4.69) is 73.1 Å². The van der Waals surface area contributed by atoms with E-state index in [9.17, 15) is 24.2 Å². The summed E-state index contributed by atoms with van der Waals surface area (Å²) >= 11 is 0. The molecule has 0 heterocycles. The van der Waals surface area contributed by atoms with Crippen LogP contribution in [-0.2, 0) is 32.7 Å². The van der Waals surface area contributed by atoms with Gasteiger partial charge in [0.2, 0.25) is 0 Å². The molecule has 58 heavy (non-hydrogen) atoms. The van der Waals surface area contributed by atoms with Crippen molar-refractivity contribution in [3.63, 3.8) is 0 Å². The topological polar surface area (TPSA) is 149 Å². The Balaban J connectivity index is 4.34. The highest BCUT2D eigenvalue weighted by Gasteiger charge is 2.27. The molecule has 0 aliphatic carbocycles. The second-order valence-electron chi connectivity index (χ2n) is 15.1. The number of carbonyl (C=O) groups excluding carboxylic acids is 2. The molecule has 10 nitrogen and oxygen atoms in total. The Bertz CT molecular complexity index is 1150. The molecule has 0 amide bonds. The molecule has 0 saturated carbocycles. The van der Waals surface area contributed by atoms with E-state index in [1.807, 2.05) is 6.08 Å². The Morgan fingerprint density at radius 2 is 0.948 bits per heavy atom. The summed E-state index contributed by atoms with van der Waals surface area (Å²) in [5, 5.41) is 18.3. The lowest BCUT2D eigenvalue weighted by molar-refractivity contribution is -0.161. The van der Waals surface area contributed by atoms with Crippen molar-refractivity contribution in [3.05, 3.63) is 60.8 Å². The zero-order chi connectivity index (χ0) is 42.6. The number of aliphatic hydroxyl groups excluding tert-OH is 2. The maximum absolute atomic E-state index is 12.6. The normalized spacial score (nSPS) is 14.4. The molecule has 3 atom stereocenters. The first kappa shape index (κ1) is 55.7. The Morgan fingerprint density at radius 1 is 0.534 bits per heavy atom.